The number of methoxy groups -OCH3 is 1. The van der Waals surface area contributed by atoms with Gasteiger partial charge in [-0.1, -0.05) is 6.92 Å². The van der Waals surface area contributed by atoms with Crippen molar-refractivity contribution < 1.29 is 14.3 Å². The Balaban J connectivity index is 1.93. The number of nitrogens with one attached hydrogen (secondary N) is 2. The molecule has 0 radical (unpaired) electrons. The molecule has 6 heteroatoms. The highest BCUT2D eigenvalue weighted by Gasteiger charge is 2.23. The number of likely N-dealkylation sites (tertiary alicyclic amines) is 1. The Morgan fingerprint density at radius 1 is 1.28 bits per heavy atom. The number of amides is 3. The van der Waals surface area contributed by atoms with Crippen molar-refractivity contribution in [1.82, 2.24) is 10.2 Å². The third-order valence-corrected chi connectivity index (χ3v) is 4.73. The fourth-order valence-electron chi connectivity index (χ4n) is 2.69. The van der Waals surface area contributed by atoms with Gasteiger partial charge in [0.1, 0.15) is 0 Å². The lowest BCUT2D eigenvalue weighted by Crippen LogP contribution is -2.44. The van der Waals surface area contributed by atoms with E-state index < -0.39 is 0 Å². The van der Waals surface area contributed by atoms with Crippen LogP contribution in [0.3, 0.4) is 0 Å². The fourth-order valence-corrected chi connectivity index (χ4v) is 2.69. The lowest BCUT2D eigenvalue weighted by Gasteiger charge is -2.31. The van der Waals surface area contributed by atoms with Crippen molar-refractivity contribution in [2.24, 2.45) is 0 Å². The molecule has 1 aromatic rings. The van der Waals surface area contributed by atoms with Gasteiger partial charge in [-0.2, -0.15) is 0 Å². The maximum atomic E-state index is 12.4. The molecule has 3 amide bonds. The number of rotatable bonds is 5. The Hall–Kier alpha value is -2.08. The zero-order valence-corrected chi connectivity index (χ0v) is 15.6. The van der Waals surface area contributed by atoms with Gasteiger partial charge >= 0.3 is 6.03 Å². The number of carbonyl (C=O) groups excluding carboxylic acids is 2. The number of nitrogens with zero attached hydrogens (tertiary/aromatic N) is 1. The molecule has 0 unspecified atom stereocenters. The van der Waals surface area contributed by atoms with E-state index in [1.165, 1.54) is 0 Å². The molecule has 2 rings (SSSR count). The number of benzene rings is 1. The van der Waals surface area contributed by atoms with Crippen LogP contribution in [0.1, 0.15) is 50.4 Å². The van der Waals surface area contributed by atoms with Gasteiger partial charge < -0.3 is 20.3 Å². The summed E-state index contributed by atoms with van der Waals surface area (Å²) in [4.78, 5) is 26.4. The summed E-state index contributed by atoms with van der Waals surface area (Å²) in [6.45, 7) is 7.36. The molecule has 0 saturated carbocycles. The molecule has 0 aliphatic carbocycles. The third kappa shape index (κ3) is 5.46. The predicted molar refractivity (Wildman–Crippen MR) is 98.9 cm³/mol. The van der Waals surface area contributed by atoms with E-state index in [1.54, 1.807) is 36.3 Å². The second kappa shape index (κ2) is 8.34. The van der Waals surface area contributed by atoms with Crippen LogP contribution in [0, 0.1) is 0 Å². The van der Waals surface area contributed by atoms with E-state index in [4.69, 9.17) is 4.74 Å². The van der Waals surface area contributed by atoms with Crippen LogP contribution in [0.5, 0.6) is 0 Å². The monoisotopic (exact) mass is 347 g/mol. The summed E-state index contributed by atoms with van der Waals surface area (Å²) in [6, 6.07) is 6.83. The minimum atomic E-state index is -0.240. The smallest absolute Gasteiger partial charge is 0.321 e. The summed E-state index contributed by atoms with van der Waals surface area (Å²) in [5.74, 6) is -0.108. The van der Waals surface area contributed by atoms with E-state index in [9.17, 15) is 9.59 Å². The van der Waals surface area contributed by atoms with Crippen molar-refractivity contribution in [2.45, 2.75) is 51.7 Å². The molecular weight excluding hydrogens is 318 g/mol. The first-order valence-corrected chi connectivity index (χ1v) is 8.86. The highest BCUT2D eigenvalue weighted by atomic mass is 16.5. The van der Waals surface area contributed by atoms with E-state index >= 15 is 0 Å². The molecule has 25 heavy (non-hydrogen) atoms. The molecule has 0 aromatic heterocycles. The van der Waals surface area contributed by atoms with E-state index in [1.807, 2.05) is 20.8 Å². The van der Waals surface area contributed by atoms with Crippen molar-refractivity contribution in [3.8, 4) is 0 Å². The topological polar surface area (TPSA) is 70.7 Å². The van der Waals surface area contributed by atoms with E-state index in [0.29, 0.717) is 17.8 Å². The molecule has 2 N–H and O–H groups in total. The van der Waals surface area contributed by atoms with E-state index in [2.05, 4.69) is 10.6 Å². The highest BCUT2D eigenvalue weighted by molar-refractivity contribution is 5.96. The molecule has 138 valence electrons. The number of hydrogen-bond acceptors (Lipinski definition) is 3. The van der Waals surface area contributed by atoms with E-state index in [-0.39, 0.29) is 23.6 Å². The summed E-state index contributed by atoms with van der Waals surface area (Å²) < 4.78 is 5.35. The highest BCUT2D eigenvalue weighted by Crippen LogP contribution is 2.16. The van der Waals surface area contributed by atoms with Gasteiger partial charge in [0.05, 0.1) is 6.10 Å². The third-order valence-electron chi connectivity index (χ3n) is 4.73. The summed E-state index contributed by atoms with van der Waals surface area (Å²) in [5, 5.41) is 5.88. The molecule has 1 saturated heterocycles. The van der Waals surface area contributed by atoms with Crippen LogP contribution in [0.2, 0.25) is 0 Å². The summed E-state index contributed by atoms with van der Waals surface area (Å²) >= 11 is 0. The minimum Gasteiger partial charge on any atom is -0.380 e. The first kappa shape index (κ1) is 19.2. The van der Waals surface area contributed by atoms with Gasteiger partial charge in [-0.25, -0.2) is 4.79 Å². The molecule has 0 spiro atoms. The van der Waals surface area contributed by atoms with Crippen molar-refractivity contribution >= 4 is 17.6 Å². The molecule has 1 aliphatic rings. The molecule has 6 nitrogen and oxygen atoms in total. The number of piperidine rings is 1. The number of hydrogen-bond donors (Lipinski definition) is 2. The molecule has 1 aliphatic heterocycles. The van der Waals surface area contributed by atoms with Gasteiger partial charge in [0.25, 0.3) is 5.91 Å². The van der Waals surface area contributed by atoms with Crippen molar-refractivity contribution in [1.29, 1.82) is 0 Å². The Labute approximate surface area is 149 Å². The van der Waals surface area contributed by atoms with Crippen LogP contribution < -0.4 is 10.6 Å². The Kier molecular flexibility index (Phi) is 6.42. The Bertz CT molecular complexity index is 598. The number of carbonyl (C=O) groups is 2. The van der Waals surface area contributed by atoms with Crippen molar-refractivity contribution in [3.05, 3.63) is 29.8 Å². The van der Waals surface area contributed by atoms with Crippen molar-refractivity contribution in [2.75, 3.05) is 25.5 Å². The second-order valence-corrected chi connectivity index (χ2v) is 7.15. The lowest BCUT2D eigenvalue weighted by molar-refractivity contribution is 0.0458. The van der Waals surface area contributed by atoms with Crippen LogP contribution in [0.4, 0.5) is 10.5 Å². The fraction of sp³-hybridized carbons (Fsp3) is 0.579. The zero-order valence-electron chi connectivity index (χ0n) is 15.6. The maximum absolute atomic E-state index is 12.4. The van der Waals surface area contributed by atoms with Gasteiger partial charge in [0.15, 0.2) is 0 Å². The largest absolute Gasteiger partial charge is 0.380 e. The average Bonchev–Trinajstić information content (AvgIpc) is 2.62. The quantitative estimate of drug-likeness (QED) is 0.859. The minimum absolute atomic E-state index is 0.104. The standard InChI is InChI=1S/C19H29N3O3/c1-5-19(2,3)21-17(23)14-8-10-15(11-9-14)20-18(24)22-12-6-7-16(13-22)25-4/h8-11,16H,5-7,12-13H2,1-4H3,(H,20,24)(H,21,23)/t16-/m0/s1. The van der Waals surface area contributed by atoms with Crippen LogP contribution >= 0.6 is 0 Å². The predicted octanol–water partition coefficient (Wildman–Crippen LogP) is 3.25. The van der Waals surface area contributed by atoms with Crippen LogP contribution in [0.25, 0.3) is 0 Å². The SMILES string of the molecule is CCC(C)(C)NC(=O)c1ccc(NC(=O)N2CCC[C@H](OC)C2)cc1. The maximum Gasteiger partial charge on any atom is 0.321 e. The van der Waals surface area contributed by atoms with Gasteiger partial charge in [-0.3, -0.25) is 4.79 Å². The molecular formula is C19H29N3O3. The lowest BCUT2D eigenvalue weighted by atomic mass is 10.0. The molecule has 1 atom stereocenters. The first-order chi connectivity index (χ1) is 11.8. The van der Waals surface area contributed by atoms with Gasteiger partial charge in [-0.15, -0.1) is 0 Å². The zero-order chi connectivity index (χ0) is 18.4. The molecule has 1 fully saturated rings. The van der Waals surface area contributed by atoms with Gasteiger partial charge in [-0.05, 0) is 57.4 Å². The van der Waals surface area contributed by atoms with Gasteiger partial charge in [0.2, 0.25) is 0 Å². The second-order valence-electron chi connectivity index (χ2n) is 7.15. The number of ether oxygens (including phenoxy) is 1. The van der Waals surface area contributed by atoms with Crippen LogP contribution in [-0.4, -0.2) is 48.7 Å². The molecule has 0 bridgehead atoms. The summed E-state index contributed by atoms with van der Waals surface area (Å²) in [6.07, 6.45) is 2.88. The van der Waals surface area contributed by atoms with Crippen molar-refractivity contribution in [3.63, 3.8) is 0 Å². The average molecular weight is 347 g/mol. The number of urea groups is 1. The summed E-state index contributed by atoms with van der Waals surface area (Å²) in [7, 11) is 1.68. The van der Waals surface area contributed by atoms with Crippen LogP contribution in [0.15, 0.2) is 24.3 Å². The van der Waals surface area contributed by atoms with E-state index in [0.717, 1.165) is 25.8 Å². The molecule has 1 aromatic carbocycles. The Morgan fingerprint density at radius 3 is 2.56 bits per heavy atom. The summed E-state index contributed by atoms with van der Waals surface area (Å²) in [5.41, 5.74) is 1.02. The molecule has 1 heterocycles. The van der Waals surface area contributed by atoms with Crippen LogP contribution in [-0.2, 0) is 4.74 Å². The Morgan fingerprint density at radius 2 is 1.96 bits per heavy atom. The first-order valence-electron chi connectivity index (χ1n) is 8.86. The normalized spacial score (nSPS) is 17.9. The van der Waals surface area contributed by atoms with Gasteiger partial charge in [0, 0.05) is 37.0 Å². The number of anilines is 1.